The van der Waals surface area contributed by atoms with Crippen molar-refractivity contribution in [3.05, 3.63) is 53.1 Å². The van der Waals surface area contributed by atoms with Gasteiger partial charge in [0, 0.05) is 24.7 Å². The van der Waals surface area contributed by atoms with Crippen molar-refractivity contribution in [1.29, 1.82) is 0 Å². The highest BCUT2D eigenvalue weighted by Crippen LogP contribution is 2.16. The van der Waals surface area contributed by atoms with Crippen LogP contribution in [0.5, 0.6) is 0 Å². The molecule has 0 bridgehead atoms. The molecule has 5 nitrogen and oxygen atoms in total. The lowest BCUT2D eigenvalue weighted by molar-refractivity contribution is -0.133. The summed E-state index contributed by atoms with van der Waals surface area (Å²) in [5, 5.41) is 0. The van der Waals surface area contributed by atoms with Gasteiger partial charge in [-0.2, -0.15) is 0 Å². The van der Waals surface area contributed by atoms with E-state index >= 15 is 0 Å². The van der Waals surface area contributed by atoms with Gasteiger partial charge >= 0.3 is 0 Å². The topological polar surface area (TPSA) is 55.2 Å². The van der Waals surface area contributed by atoms with Crippen LogP contribution in [0.3, 0.4) is 0 Å². The smallest absolute Gasteiger partial charge is 0.254 e. The Balaban J connectivity index is 1.72. The van der Waals surface area contributed by atoms with Gasteiger partial charge < -0.3 is 4.90 Å². The fourth-order valence-corrected chi connectivity index (χ4v) is 2.82. The average molecular weight is 311 g/mol. The van der Waals surface area contributed by atoms with Crippen LogP contribution >= 0.6 is 0 Å². The largest absolute Gasteiger partial charge is 0.341 e. The van der Waals surface area contributed by atoms with Crippen LogP contribution in [0.1, 0.15) is 19.8 Å². The van der Waals surface area contributed by atoms with E-state index in [0.29, 0.717) is 11.6 Å². The summed E-state index contributed by atoms with van der Waals surface area (Å²) in [6.07, 6.45) is 3.53. The molecule has 1 saturated heterocycles. The third kappa shape index (κ3) is 3.67. The molecular formula is C18H21N3O2. The fourth-order valence-electron chi connectivity index (χ4n) is 2.82. The third-order valence-corrected chi connectivity index (χ3v) is 4.39. The van der Waals surface area contributed by atoms with Gasteiger partial charge in [-0.25, -0.2) is 4.98 Å². The highest BCUT2D eigenvalue weighted by Gasteiger charge is 2.20. The van der Waals surface area contributed by atoms with E-state index in [9.17, 15) is 9.59 Å². The Kier molecular flexibility index (Phi) is 4.55. The number of hydrogen-bond donors (Lipinski definition) is 0. The van der Waals surface area contributed by atoms with Crippen molar-refractivity contribution in [2.75, 3.05) is 13.1 Å². The number of likely N-dealkylation sites (tertiary alicyclic amines) is 1. The Morgan fingerprint density at radius 1 is 1.22 bits per heavy atom. The molecule has 23 heavy (non-hydrogen) atoms. The number of nitrogens with zero attached hydrogens (tertiary/aromatic N) is 3. The molecule has 0 unspecified atom stereocenters. The fraction of sp³-hybridized carbons (Fsp3) is 0.389. The van der Waals surface area contributed by atoms with Crippen molar-refractivity contribution >= 4 is 5.91 Å². The number of carbonyl (C=O) groups excluding carboxylic acids is 1. The van der Waals surface area contributed by atoms with E-state index in [1.807, 2.05) is 35.2 Å². The lowest BCUT2D eigenvalue weighted by Gasteiger charge is -2.30. The van der Waals surface area contributed by atoms with Crippen LogP contribution in [-0.4, -0.2) is 33.4 Å². The molecule has 1 amide bonds. The molecule has 0 radical (unpaired) electrons. The molecular weight excluding hydrogens is 290 g/mol. The molecule has 5 heteroatoms. The molecule has 1 aliphatic rings. The second-order valence-corrected chi connectivity index (χ2v) is 6.17. The average Bonchev–Trinajstić information content (AvgIpc) is 2.58. The number of hydrogen-bond acceptors (Lipinski definition) is 3. The molecule has 1 fully saturated rings. The molecule has 0 aliphatic carbocycles. The molecule has 2 heterocycles. The first kappa shape index (κ1) is 15.5. The standard InChI is InChI=1S/C18H21N3O2/c1-14-7-9-20(10-8-14)18(23)12-21-13-19-16(11-17(21)22)15-5-3-2-4-6-15/h2-6,11,13-14H,7-10,12H2,1H3. The van der Waals surface area contributed by atoms with Gasteiger partial charge in [-0.15, -0.1) is 0 Å². The van der Waals surface area contributed by atoms with E-state index < -0.39 is 0 Å². The molecule has 0 saturated carbocycles. The van der Waals surface area contributed by atoms with Crippen LogP contribution < -0.4 is 5.56 Å². The molecule has 1 aliphatic heterocycles. The van der Waals surface area contributed by atoms with E-state index in [4.69, 9.17) is 0 Å². The molecule has 2 aromatic rings. The normalized spacial score (nSPS) is 15.6. The number of aromatic nitrogens is 2. The van der Waals surface area contributed by atoms with Crippen molar-refractivity contribution in [2.24, 2.45) is 5.92 Å². The van der Waals surface area contributed by atoms with Crippen molar-refractivity contribution in [2.45, 2.75) is 26.3 Å². The maximum absolute atomic E-state index is 12.3. The zero-order valence-corrected chi connectivity index (χ0v) is 13.3. The van der Waals surface area contributed by atoms with Gasteiger partial charge in [-0.05, 0) is 18.8 Å². The molecule has 0 N–H and O–H groups in total. The molecule has 1 aromatic carbocycles. The number of benzene rings is 1. The van der Waals surface area contributed by atoms with Gasteiger partial charge in [-0.1, -0.05) is 37.3 Å². The number of amides is 1. The van der Waals surface area contributed by atoms with Crippen LogP contribution in [0.25, 0.3) is 11.3 Å². The quantitative estimate of drug-likeness (QED) is 0.873. The number of piperidine rings is 1. The second kappa shape index (κ2) is 6.77. The molecule has 0 atom stereocenters. The second-order valence-electron chi connectivity index (χ2n) is 6.17. The summed E-state index contributed by atoms with van der Waals surface area (Å²) in [6, 6.07) is 11.0. The van der Waals surface area contributed by atoms with Crippen molar-refractivity contribution < 1.29 is 4.79 Å². The Bertz CT molecular complexity index is 731. The van der Waals surface area contributed by atoms with Crippen LogP contribution in [-0.2, 0) is 11.3 Å². The van der Waals surface area contributed by atoms with E-state index in [2.05, 4.69) is 11.9 Å². The summed E-state index contributed by atoms with van der Waals surface area (Å²) in [5.74, 6) is 0.668. The van der Waals surface area contributed by atoms with Gasteiger partial charge in [0.05, 0.1) is 12.0 Å². The highest BCUT2D eigenvalue weighted by molar-refractivity contribution is 5.76. The lowest BCUT2D eigenvalue weighted by Crippen LogP contribution is -2.41. The van der Waals surface area contributed by atoms with Gasteiger partial charge in [0.15, 0.2) is 0 Å². The summed E-state index contributed by atoms with van der Waals surface area (Å²) >= 11 is 0. The number of carbonyl (C=O) groups is 1. The van der Waals surface area contributed by atoms with Gasteiger partial charge in [-0.3, -0.25) is 14.2 Å². The maximum atomic E-state index is 12.3. The Morgan fingerprint density at radius 2 is 1.91 bits per heavy atom. The Hall–Kier alpha value is -2.43. The summed E-state index contributed by atoms with van der Waals surface area (Å²) < 4.78 is 1.38. The van der Waals surface area contributed by atoms with Crippen molar-refractivity contribution in [1.82, 2.24) is 14.5 Å². The SMILES string of the molecule is CC1CCN(C(=O)Cn2cnc(-c3ccccc3)cc2=O)CC1. The zero-order valence-electron chi connectivity index (χ0n) is 13.3. The molecule has 120 valence electrons. The van der Waals surface area contributed by atoms with E-state index in [1.54, 1.807) is 0 Å². The van der Waals surface area contributed by atoms with E-state index in [0.717, 1.165) is 31.5 Å². The minimum atomic E-state index is -0.197. The van der Waals surface area contributed by atoms with E-state index in [1.165, 1.54) is 17.0 Å². The first-order valence-electron chi connectivity index (χ1n) is 8.03. The van der Waals surface area contributed by atoms with Crippen LogP contribution in [0, 0.1) is 5.92 Å². The van der Waals surface area contributed by atoms with Crippen LogP contribution in [0.4, 0.5) is 0 Å². The first-order valence-corrected chi connectivity index (χ1v) is 8.03. The predicted molar refractivity (Wildman–Crippen MR) is 88.9 cm³/mol. The zero-order chi connectivity index (χ0) is 16.2. The lowest BCUT2D eigenvalue weighted by atomic mass is 9.99. The van der Waals surface area contributed by atoms with Crippen molar-refractivity contribution in [3.8, 4) is 11.3 Å². The monoisotopic (exact) mass is 311 g/mol. The minimum absolute atomic E-state index is 0.00624. The molecule has 0 spiro atoms. The van der Waals surface area contributed by atoms with Crippen LogP contribution in [0.15, 0.2) is 47.5 Å². The molecule has 1 aromatic heterocycles. The van der Waals surface area contributed by atoms with Gasteiger partial charge in [0.25, 0.3) is 5.56 Å². The van der Waals surface area contributed by atoms with Gasteiger partial charge in [0.1, 0.15) is 6.54 Å². The molecule has 3 rings (SSSR count). The first-order chi connectivity index (χ1) is 11.1. The van der Waals surface area contributed by atoms with Crippen LogP contribution in [0.2, 0.25) is 0 Å². The third-order valence-electron chi connectivity index (χ3n) is 4.39. The Labute approximate surface area is 135 Å². The number of rotatable bonds is 3. The van der Waals surface area contributed by atoms with E-state index in [-0.39, 0.29) is 18.0 Å². The summed E-state index contributed by atoms with van der Waals surface area (Å²) in [4.78, 5) is 30.7. The predicted octanol–water partition coefficient (Wildman–Crippen LogP) is 2.17. The summed E-state index contributed by atoms with van der Waals surface area (Å²) in [6.45, 7) is 3.84. The van der Waals surface area contributed by atoms with Crippen molar-refractivity contribution in [3.63, 3.8) is 0 Å². The summed E-state index contributed by atoms with van der Waals surface area (Å²) in [7, 11) is 0. The summed E-state index contributed by atoms with van der Waals surface area (Å²) in [5.41, 5.74) is 1.33. The minimum Gasteiger partial charge on any atom is -0.341 e. The highest BCUT2D eigenvalue weighted by atomic mass is 16.2. The Morgan fingerprint density at radius 3 is 2.57 bits per heavy atom. The van der Waals surface area contributed by atoms with Gasteiger partial charge in [0.2, 0.25) is 5.91 Å². The maximum Gasteiger partial charge on any atom is 0.254 e.